The quantitative estimate of drug-likeness (QED) is 0.107. The molecule has 18 aromatic rings. The second-order valence-electron chi connectivity index (χ2n) is 21.7. The highest BCUT2D eigenvalue weighted by molar-refractivity contribution is 7.22. The zero-order valence-corrected chi connectivity index (χ0v) is 50.5. The van der Waals surface area contributed by atoms with E-state index in [4.69, 9.17) is 58.1 Å². The average Bonchev–Trinajstić information content (AvgIpc) is 1.48. The van der Waals surface area contributed by atoms with E-state index in [1.165, 1.54) is 0 Å². The summed E-state index contributed by atoms with van der Waals surface area (Å²) in [7, 11) is 0. The summed E-state index contributed by atoms with van der Waals surface area (Å²) >= 11 is 4.86. The van der Waals surface area contributed by atoms with Crippen LogP contribution in [0.3, 0.4) is 0 Å². The SMILES string of the molecule is c1ccc2oc(-c3ccc(N(c4ccc(-c5nc6ccccc6o5)nc4)c4ccc(-c5nc6cc(-c7ccc8nc(-c9ccc(N(c%10ccc(-c%11nc%12ccccc%12s%11)nc%10)c%10ccc(-c%11nc%12ccccc%12s%11)nc%10)cc9)oc8c7)ccc6s5)nc4)cc3)nc2c1. The topological polar surface area (TPSA) is 175 Å². The Bertz CT molecular complexity index is 5060. The number of oxazole rings is 3. The van der Waals surface area contributed by atoms with Crippen molar-refractivity contribution in [2.75, 3.05) is 9.80 Å². The van der Waals surface area contributed by atoms with E-state index in [9.17, 15) is 0 Å². The number of para-hydroxylation sites is 6. The minimum atomic E-state index is 0.451. The standard InChI is InChI=1S/C74H42N12O3S3/c1-5-13-63-53(9-1)79-69(87-63)43-17-23-47(24-18-43)85(49-27-32-58(75-39-49)71-81-54-10-2-6-14-64(54)88-71)50-30-35-61(78-42-50)74-84-62-37-45(22-36-68(62)92-74)46-21-31-55-65(38-46)89-70(80-55)44-19-25-48(26-20-44)86(51-28-33-59(76-40-51)72-82-56-11-3-7-15-66(56)90-72)52-29-34-60(77-41-52)73-83-57-12-4-8-16-67(57)91-73/h1-42H. The summed E-state index contributed by atoms with van der Waals surface area (Å²) in [6, 6.07) is 76.7. The van der Waals surface area contributed by atoms with Gasteiger partial charge in [-0.25, -0.2) is 34.9 Å². The van der Waals surface area contributed by atoms with Gasteiger partial charge >= 0.3 is 0 Å². The normalized spacial score (nSPS) is 11.7. The molecule has 434 valence electrons. The number of rotatable bonds is 13. The molecule has 0 saturated carbocycles. The van der Waals surface area contributed by atoms with Crippen molar-refractivity contribution in [1.29, 1.82) is 0 Å². The molecule has 0 saturated heterocycles. The summed E-state index contributed by atoms with van der Waals surface area (Å²) in [4.78, 5) is 53.2. The largest absolute Gasteiger partial charge is 0.436 e. The molecule has 0 aliphatic rings. The fraction of sp³-hybridized carbons (Fsp3) is 0. The van der Waals surface area contributed by atoms with Crippen molar-refractivity contribution >= 4 is 132 Å². The lowest BCUT2D eigenvalue weighted by Gasteiger charge is -2.25. The first-order chi connectivity index (χ1) is 45.5. The molecular weight excluding hydrogens is 1200 g/mol. The van der Waals surface area contributed by atoms with Crippen LogP contribution in [0.4, 0.5) is 34.1 Å². The van der Waals surface area contributed by atoms with E-state index in [1.54, 1.807) is 34.0 Å². The van der Waals surface area contributed by atoms with E-state index in [-0.39, 0.29) is 0 Å². The van der Waals surface area contributed by atoms with Crippen LogP contribution in [0, 0.1) is 0 Å². The Kier molecular flexibility index (Phi) is 12.7. The highest BCUT2D eigenvalue weighted by Crippen LogP contribution is 2.42. The molecule has 10 aromatic heterocycles. The van der Waals surface area contributed by atoms with E-state index < -0.39 is 0 Å². The van der Waals surface area contributed by atoms with Gasteiger partial charge in [-0.1, -0.05) is 60.7 Å². The third-order valence-corrected chi connectivity index (χ3v) is 19.1. The van der Waals surface area contributed by atoms with E-state index in [0.717, 1.165) is 141 Å². The van der Waals surface area contributed by atoms with Crippen molar-refractivity contribution in [2.24, 2.45) is 0 Å². The molecule has 0 spiro atoms. The predicted octanol–water partition coefficient (Wildman–Crippen LogP) is 20.1. The molecule has 10 heterocycles. The highest BCUT2D eigenvalue weighted by atomic mass is 32.1. The molecule has 0 bridgehead atoms. The van der Waals surface area contributed by atoms with Crippen LogP contribution >= 0.6 is 34.0 Å². The van der Waals surface area contributed by atoms with Crippen LogP contribution in [0.15, 0.2) is 269 Å². The minimum absolute atomic E-state index is 0.451. The van der Waals surface area contributed by atoms with E-state index in [1.807, 2.05) is 189 Å². The van der Waals surface area contributed by atoms with Gasteiger partial charge in [-0.2, -0.15) is 0 Å². The lowest BCUT2D eigenvalue weighted by atomic mass is 10.1. The summed E-state index contributed by atoms with van der Waals surface area (Å²) in [5.74, 6) is 1.51. The first-order valence-electron chi connectivity index (χ1n) is 29.4. The molecule has 15 nitrogen and oxygen atoms in total. The second-order valence-corrected chi connectivity index (χ2v) is 24.8. The van der Waals surface area contributed by atoms with Crippen LogP contribution in [0.5, 0.6) is 0 Å². The molecule has 0 unspecified atom stereocenters. The fourth-order valence-electron chi connectivity index (χ4n) is 11.4. The number of aromatic nitrogens is 10. The van der Waals surface area contributed by atoms with Crippen LogP contribution < -0.4 is 9.80 Å². The summed E-state index contributed by atoms with van der Waals surface area (Å²) in [6.07, 6.45) is 7.46. The third kappa shape index (κ3) is 9.74. The zero-order valence-electron chi connectivity index (χ0n) is 48.1. The Balaban J connectivity index is 0.611. The number of benzene rings is 8. The molecule has 92 heavy (non-hydrogen) atoms. The first-order valence-corrected chi connectivity index (χ1v) is 31.8. The maximum Gasteiger partial charge on any atom is 0.246 e. The van der Waals surface area contributed by atoms with Crippen molar-refractivity contribution in [2.45, 2.75) is 0 Å². The highest BCUT2D eigenvalue weighted by Gasteiger charge is 2.21. The molecule has 0 amide bonds. The number of nitrogens with zero attached hydrogens (tertiary/aromatic N) is 12. The van der Waals surface area contributed by atoms with E-state index >= 15 is 0 Å². The van der Waals surface area contributed by atoms with Crippen molar-refractivity contribution < 1.29 is 13.3 Å². The van der Waals surface area contributed by atoms with Crippen LogP contribution in [0.25, 0.3) is 142 Å². The van der Waals surface area contributed by atoms with Gasteiger partial charge in [0.2, 0.25) is 17.7 Å². The van der Waals surface area contributed by atoms with Gasteiger partial charge in [0.1, 0.15) is 37.3 Å². The van der Waals surface area contributed by atoms with Crippen LogP contribution in [0.2, 0.25) is 0 Å². The fourth-order valence-corrected chi connectivity index (χ4v) is 14.2. The number of anilines is 6. The molecular formula is C74H42N12O3S3. The summed E-state index contributed by atoms with van der Waals surface area (Å²) < 4.78 is 22.0. The van der Waals surface area contributed by atoms with E-state index in [2.05, 4.69) is 81.5 Å². The molecule has 18 rings (SSSR count). The van der Waals surface area contributed by atoms with Crippen LogP contribution in [-0.2, 0) is 0 Å². The van der Waals surface area contributed by atoms with Gasteiger partial charge in [0.15, 0.2) is 16.7 Å². The second kappa shape index (κ2) is 22.0. The van der Waals surface area contributed by atoms with Gasteiger partial charge in [-0.05, 0) is 181 Å². The minimum Gasteiger partial charge on any atom is -0.436 e. The molecule has 8 aromatic carbocycles. The van der Waals surface area contributed by atoms with Crippen molar-refractivity contribution in [3.05, 3.63) is 255 Å². The average molecular weight is 1240 g/mol. The van der Waals surface area contributed by atoms with Gasteiger partial charge in [0, 0.05) is 22.5 Å². The lowest BCUT2D eigenvalue weighted by Crippen LogP contribution is -2.10. The number of hydrogen-bond acceptors (Lipinski definition) is 18. The first kappa shape index (κ1) is 53.1. The summed E-state index contributed by atoms with van der Waals surface area (Å²) in [5.41, 5.74) is 19.0. The monoisotopic (exact) mass is 1240 g/mol. The van der Waals surface area contributed by atoms with Gasteiger partial charge in [-0.3, -0.25) is 15.0 Å². The maximum absolute atomic E-state index is 6.54. The Labute approximate surface area is 534 Å². The third-order valence-electron chi connectivity index (χ3n) is 15.9. The summed E-state index contributed by atoms with van der Waals surface area (Å²) in [5, 5.41) is 2.54. The zero-order chi connectivity index (χ0) is 60.6. The molecule has 18 heteroatoms. The predicted molar refractivity (Wildman–Crippen MR) is 367 cm³/mol. The molecule has 0 aliphatic carbocycles. The summed E-state index contributed by atoms with van der Waals surface area (Å²) in [6.45, 7) is 0. The van der Waals surface area contributed by atoms with Crippen LogP contribution in [0.1, 0.15) is 0 Å². The Morgan fingerprint density at radius 2 is 0.609 bits per heavy atom. The van der Waals surface area contributed by atoms with Crippen LogP contribution in [-0.4, -0.2) is 49.8 Å². The number of thiazole rings is 3. The smallest absolute Gasteiger partial charge is 0.246 e. The van der Waals surface area contributed by atoms with Crippen molar-refractivity contribution in [1.82, 2.24) is 49.8 Å². The number of fused-ring (bicyclic) bond motifs is 6. The molecule has 0 radical (unpaired) electrons. The maximum atomic E-state index is 6.54. The Morgan fingerprint density at radius 1 is 0.250 bits per heavy atom. The number of hydrogen-bond donors (Lipinski definition) is 0. The molecule has 0 N–H and O–H groups in total. The van der Waals surface area contributed by atoms with Crippen molar-refractivity contribution in [3.8, 4) is 77.7 Å². The molecule has 0 aliphatic heterocycles. The van der Waals surface area contributed by atoms with E-state index in [0.29, 0.717) is 34.5 Å². The van der Waals surface area contributed by atoms with Gasteiger partial charge in [0.25, 0.3) is 0 Å². The Morgan fingerprint density at radius 3 is 1.08 bits per heavy atom. The molecule has 0 atom stereocenters. The van der Waals surface area contributed by atoms with Crippen molar-refractivity contribution in [3.63, 3.8) is 0 Å². The van der Waals surface area contributed by atoms with Gasteiger partial charge in [0.05, 0.1) is 95.3 Å². The lowest BCUT2D eigenvalue weighted by molar-refractivity contribution is 0.616. The van der Waals surface area contributed by atoms with Gasteiger partial charge in [-0.15, -0.1) is 34.0 Å². The number of pyridine rings is 4. The molecule has 0 fully saturated rings. The Hall–Kier alpha value is -12.0. The van der Waals surface area contributed by atoms with Gasteiger partial charge < -0.3 is 23.1 Å².